The molecule has 0 spiro atoms. The summed E-state index contributed by atoms with van der Waals surface area (Å²) < 4.78 is 39.2. The van der Waals surface area contributed by atoms with Crippen molar-refractivity contribution in [2.75, 3.05) is 6.54 Å². The van der Waals surface area contributed by atoms with E-state index in [-0.39, 0.29) is 17.5 Å². The van der Waals surface area contributed by atoms with Crippen molar-refractivity contribution in [1.82, 2.24) is 10.6 Å². The fourth-order valence-electron chi connectivity index (χ4n) is 2.30. The highest BCUT2D eigenvalue weighted by Gasteiger charge is 2.23. The fourth-order valence-corrected chi connectivity index (χ4v) is 2.30. The quantitative estimate of drug-likeness (QED) is 0.838. The first-order valence-electron chi connectivity index (χ1n) is 6.67. The largest absolute Gasteiger partial charge is 0.348 e. The van der Waals surface area contributed by atoms with Gasteiger partial charge in [0.25, 0.3) is 0 Å². The third-order valence-corrected chi connectivity index (χ3v) is 3.49. The van der Waals surface area contributed by atoms with Crippen LogP contribution >= 0.6 is 0 Å². The van der Waals surface area contributed by atoms with Crippen LogP contribution in [0.25, 0.3) is 0 Å². The third-order valence-electron chi connectivity index (χ3n) is 3.49. The topological polar surface area (TPSA) is 41.1 Å². The molecular formula is C14H17F3N2O. The van der Waals surface area contributed by atoms with Gasteiger partial charge in [-0.3, -0.25) is 4.79 Å². The van der Waals surface area contributed by atoms with Crippen molar-refractivity contribution >= 4 is 5.91 Å². The van der Waals surface area contributed by atoms with Gasteiger partial charge >= 0.3 is 0 Å². The van der Waals surface area contributed by atoms with Crippen LogP contribution in [0.4, 0.5) is 13.2 Å². The van der Waals surface area contributed by atoms with Crippen LogP contribution in [-0.2, 0) is 4.79 Å². The number of carbonyl (C=O) groups is 1. The Bertz CT molecular complexity index is 478. The molecule has 1 aliphatic rings. The second kappa shape index (κ2) is 6.26. The maximum atomic E-state index is 13.2. The highest BCUT2D eigenvalue weighted by atomic mass is 19.2. The summed E-state index contributed by atoms with van der Waals surface area (Å²) in [6.45, 7) is 2.39. The van der Waals surface area contributed by atoms with E-state index < -0.39 is 23.5 Å². The molecular weight excluding hydrogens is 269 g/mol. The predicted molar refractivity (Wildman–Crippen MR) is 68.5 cm³/mol. The lowest BCUT2D eigenvalue weighted by Crippen LogP contribution is -2.47. The molecule has 0 radical (unpaired) electrons. The van der Waals surface area contributed by atoms with Crippen LogP contribution in [0, 0.1) is 17.5 Å². The summed E-state index contributed by atoms with van der Waals surface area (Å²) in [5.41, 5.74) is 0.200. The van der Waals surface area contributed by atoms with Crippen molar-refractivity contribution < 1.29 is 18.0 Å². The minimum atomic E-state index is -1.50. The van der Waals surface area contributed by atoms with Crippen molar-refractivity contribution in [3.63, 3.8) is 0 Å². The average Bonchev–Trinajstić information content (AvgIpc) is 2.45. The van der Waals surface area contributed by atoms with Gasteiger partial charge in [-0.1, -0.05) is 6.42 Å². The minimum Gasteiger partial charge on any atom is -0.348 e. The fraction of sp³-hybridized carbons (Fsp3) is 0.500. The zero-order valence-corrected chi connectivity index (χ0v) is 11.2. The van der Waals surface area contributed by atoms with E-state index in [2.05, 4.69) is 10.6 Å². The zero-order chi connectivity index (χ0) is 14.7. The molecule has 20 heavy (non-hydrogen) atoms. The molecule has 3 nitrogen and oxygen atoms in total. The summed E-state index contributed by atoms with van der Waals surface area (Å²) in [4.78, 5) is 12.0. The van der Waals surface area contributed by atoms with Gasteiger partial charge in [-0.15, -0.1) is 0 Å². The third kappa shape index (κ3) is 3.30. The number of piperidine rings is 1. The molecule has 2 atom stereocenters. The van der Waals surface area contributed by atoms with Crippen molar-refractivity contribution in [2.24, 2.45) is 0 Å². The van der Waals surface area contributed by atoms with Crippen molar-refractivity contribution in [1.29, 1.82) is 0 Å². The molecule has 2 rings (SSSR count). The molecule has 1 aromatic rings. The van der Waals surface area contributed by atoms with Gasteiger partial charge in [0.2, 0.25) is 5.91 Å². The molecule has 6 heteroatoms. The maximum absolute atomic E-state index is 13.2. The Morgan fingerprint density at radius 2 is 1.95 bits per heavy atom. The molecule has 1 aliphatic heterocycles. The molecule has 0 unspecified atom stereocenters. The van der Waals surface area contributed by atoms with E-state index >= 15 is 0 Å². The van der Waals surface area contributed by atoms with Gasteiger partial charge in [-0.2, -0.15) is 0 Å². The van der Waals surface area contributed by atoms with Gasteiger partial charge in [0.05, 0.1) is 12.1 Å². The Balaban J connectivity index is 2.04. The van der Waals surface area contributed by atoms with Gasteiger partial charge in [0, 0.05) is 0 Å². The van der Waals surface area contributed by atoms with E-state index in [4.69, 9.17) is 0 Å². The van der Waals surface area contributed by atoms with E-state index in [1.54, 1.807) is 6.92 Å². The summed E-state index contributed by atoms with van der Waals surface area (Å²) >= 11 is 0. The van der Waals surface area contributed by atoms with Crippen molar-refractivity contribution in [3.8, 4) is 0 Å². The number of halogens is 3. The lowest BCUT2D eigenvalue weighted by atomic mass is 10.0. The molecule has 0 bridgehead atoms. The van der Waals surface area contributed by atoms with Gasteiger partial charge in [-0.05, 0) is 44.0 Å². The molecule has 0 aliphatic carbocycles. The average molecular weight is 286 g/mol. The van der Waals surface area contributed by atoms with E-state index in [1.807, 2.05) is 0 Å². The van der Waals surface area contributed by atoms with E-state index in [0.29, 0.717) is 0 Å². The van der Waals surface area contributed by atoms with Crippen LogP contribution in [0.5, 0.6) is 0 Å². The second-order valence-electron chi connectivity index (χ2n) is 5.03. The highest BCUT2D eigenvalue weighted by molar-refractivity contribution is 5.82. The first-order valence-corrected chi connectivity index (χ1v) is 6.67. The van der Waals surface area contributed by atoms with Crippen LogP contribution in [-0.4, -0.2) is 18.5 Å². The number of carbonyl (C=O) groups excluding carboxylic acids is 1. The Labute approximate surface area is 115 Å². The summed E-state index contributed by atoms with van der Waals surface area (Å²) in [5, 5.41) is 5.77. The minimum absolute atomic E-state index is 0.200. The molecule has 1 aromatic carbocycles. The van der Waals surface area contributed by atoms with Gasteiger partial charge in [-0.25, -0.2) is 13.2 Å². The Kier molecular flexibility index (Phi) is 4.65. The first-order chi connectivity index (χ1) is 9.49. The van der Waals surface area contributed by atoms with Gasteiger partial charge < -0.3 is 10.6 Å². The molecule has 1 amide bonds. The van der Waals surface area contributed by atoms with E-state index in [0.717, 1.165) is 37.9 Å². The summed E-state index contributed by atoms with van der Waals surface area (Å²) in [6, 6.07) is 0.937. The Morgan fingerprint density at radius 3 is 2.50 bits per heavy atom. The smallest absolute Gasteiger partial charge is 0.237 e. The highest BCUT2D eigenvalue weighted by Crippen LogP contribution is 2.19. The van der Waals surface area contributed by atoms with Crippen LogP contribution in [0.15, 0.2) is 12.1 Å². The Hall–Kier alpha value is -1.56. The lowest BCUT2D eigenvalue weighted by Gasteiger charge is -2.24. The van der Waals surface area contributed by atoms with Gasteiger partial charge in [0.1, 0.15) is 0 Å². The monoisotopic (exact) mass is 286 g/mol. The van der Waals surface area contributed by atoms with Crippen LogP contribution < -0.4 is 10.6 Å². The summed E-state index contributed by atoms with van der Waals surface area (Å²) in [7, 11) is 0. The number of hydrogen-bond acceptors (Lipinski definition) is 2. The zero-order valence-electron chi connectivity index (χ0n) is 11.2. The molecule has 0 aromatic heterocycles. The van der Waals surface area contributed by atoms with E-state index in [1.165, 1.54) is 0 Å². The summed E-state index contributed by atoms with van der Waals surface area (Å²) in [5.74, 6) is -4.21. The van der Waals surface area contributed by atoms with Crippen LogP contribution in [0.1, 0.15) is 37.8 Å². The molecule has 1 fully saturated rings. The first kappa shape index (κ1) is 14.8. The van der Waals surface area contributed by atoms with Crippen molar-refractivity contribution in [2.45, 2.75) is 38.3 Å². The molecule has 2 N–H and O–H groups in total. The SMILES string of the molecule is C[C@@H](NC(=O)[C@H]1CCCCN1)c1cc(F)c(F)c(F)c1. The molecule has 0 saturated carbocycles. The van der Waals surface area contributed by atoms with E-state index in [9.17, 15) is 18.0 Å². The normalized spacial score (nSPS) is 20.5. The standard InChI is InChI=1S/C14H17F3N2O/c1-8(9-6-10(15)13(17)11(16)7-9)19-14(20)12-4-2-3-5-18-12/h6-8,12,18H,2-5H2,1H3,(H,19,20)/t8-,12-/m1/s1. The number of hydrogen-bond donors (Lipinski definition) is 2. The lowest BCUT2D eigenvalue weighted by molar-refractivity contribution is -0.124. The van der Waals surface area contributed by atoms with Gasteiger partial charge in [0.15, 0.2) is 17.5 Å². The molecule has 1 saturated heterocycles. The number of benzene rings is 1. The van der Waals surface area contributed by atoms with Crippen LogP contribution in [0.2, 0.25) is 0 Å². The molecule has 1 heterocycles. The van der Waals surface area contributed by atoms with Crippen molar-refractivity contribution in [3.05, 3.63) is 35.1 Å². The van der Waals surface area contributed by atoms with Crippen LogP contribution in [0.3, 0.4) is 0 Å². The predicted octanol–water partition coefficient (Wildman–Crippen LogP) is 2.42. The number of amides is 1. The Morgan fingerprint density at radius 1 is 1.30 bits per heavy atom. The molecule has 110 valence electrons. The number of nitrogens with one attached hydrogen (secondary N) is 2. The maximum Gasteiger partial charge on any atom is 0.237 e. The second-order valence-corrected chi connectivity index (χ2v) is 5.03. The number of rotatable bonds is 3. The summed E-state index contributed by atoms with van der Waals surface area (Å²) in [6.07, 6.45) is 2.75.